The highest BCUT2D eigenvalue weighted by molar-refractivity contribution is 5.79. The zero-order valence-electron chi connectivity index (χ0n) is 14.2. The Labute approximate surface area is 146 Å². The Bertz CT molecular complexity index is 782. The van der Waals surface area contributed by atoms with Gasteiger partial charge in [0.1, 0.15) is 5.75 Å². The summed E-state index contributed by atoms with van der Waals surface area (Å²) in [5.74, 6) is 0.773. The summed E-state index contributed by atoms with van der Waals surface area (Å²) < 4.78 is 5.18. The van der Waals surface area contributed by atoms with Crippen LogP contribution in [0.1, 0.15) is 18.4 Å². The molecule has 1 aliphatic rings. The molecule has 0 bridgehead atoms. The fraction of sp³-hybridized carbons (Fsp3) is 0.389. The molecular formula is C18H22N4O3. The Morgan fingerprint density at radius 3 is 2.88 bits per heavy atom. The number of carbonyl (C=O) groups excluding carboxylic acids is 1. The maximum Gasteiger partial charge on any atom is 0.266 e. The molecule has 0 saturated carbocycles. The summed E-state index contributed by atoms with van der Waals surface area (Å²) in [7, 11) is 1.61. The molecule has 0 unspecified atom stereocenters. The molecule has 2 N–H and O–H groups in total. The molecule has 2 aromatic rings. The van der Waals surface area contributed by atoms with Crippen molar-refractivity contribution in [3.63, 3.8) is 0 Å². The van der Waals surface area contributed by atoms with Crippen LogP contribution in [-0.2, 0) is 11.2 Å². The SMILES string of the molecule is COc1cccc(CC(=O)NC2CCN(c3cn[nH]c(=O)c3)CC2)c1. The molecule has 25 heavy (non-hydrogen) atoms. The van der Waals surface area contributed by atoms with Gasteiger partial charge in [0, 0.05) is 25.2 Å². The normalized spacial score (nSPS) is 15.0. The number of piperidine rings is 1. The molecule has 7 nitrogen and oxygen atoms in total. The average Bonchev–Trinajstić information content (AvgIpc) is 2.62. The number of rotatable bonds is 5. The molecule has 1 fully saturated rings. The minimum Gasteiger partial charge on any atom is -0.497 e. The zero-order valence-corrected chi connectivity index (χ0v) is 14.2. The summed E-state index contributed by atoms with van der Waals surface area (Å²) in [6, 6.07) is 9.25. The van der Waals surface area contributed by atoms with Gasteiger partial charge in [-0.1, -0.05) is 12.1 Å². The monoisotopic (exact) mass is 342 g/mol. The predicted molar refractivity (Wildman–Crippen MR) is 94.9 cm³/mol. The molecule has 7 heteroatoms. The van der Waals surface area contributed by atoms with Gasteiger partial charge < -0.3 is 15.0 Å². The lowest BCUT2D eigenvalue weighted by molar-refractivity contribution is -0.121. The number of aromatic nitrogens is 2. The van der Waals surface area contributed by atoms with Crippen LogP contribution in [0.2, 0.25) is 0 Å². The van der Waals surface area contributed by atoms with Crippen molar-refractivity contribution in [2.45, 2.75) is 25.3 Å². The van der Waals surface area contributed by atoms with Crippen molar-refractivity contribution in [1.82, 2.24) is 15.5 Å². The van der Waals surface area contributed by atoms with E-state index in [1.165, 1.54) is 0 Å². The van der Waals surface area contributed by atoms with E-state index in [0.29, 0.717) is 6.42 Å². The van der Waals surface area contributed by atoms with Crippen molar-refractivity contribution in [2.75, 3.05) is 25.1 Å². The van der Waals surface area contributed by atoms with Crippen LogP contribution >= 0.6 is 0 Å². The van der Waals surface area contributed by atoms with E-state index in [2.05, 4.69) is 20.4 Å². The highest BCUT2D eigenvalue weighted by Crippen LogP contribution is 2.18. The highest BCUT2D eigenvalue weighted by Gasteiger charge is 2.21. The first-order valence-corrected chi connectivity index (χ1v) is 8.36. The first-order valence-electron chi connectivity index (χ1n) is 8.36. The largest absolute Gasteiger partial charge is 0.497 e. The summed E-state index contributed by atoms with van der Waals surface area (Å²) in [5, 5.41) is 9.31. The standard InChI is InChI=1S/C18H22N4O3/c1-25-16-4-2-3-13(9-16)10-17(23)20-14-5-7-22(8-6-14)15-11-18(24)21-19-12-15/h2-4,9,11-12,14H,5-8,10H2,1H3,(H,20,23)(H,21,24). The van der Waals surface area contributed by atoms with E-state index in [1.807, 2.05) is 24.3 Å². The number of H-pyrrole nitrogens is 1. The van der Waals surface area contributed by atoms with Gasteiger partial charge in [-0.3, -0.25) is 9.59 Å². The second kappa shape index (κ2) is 7.83. The molecule has 1 aliphatic heterocycles. The number of hydrogen-bond acceptors (Lipinski definition) is 5. The van der Waals surface area contributed by atoms with Gasteiger partial charge in [-0.05, 0) is 30.5 Å². The lowest BCUT2D eigenvalue weighted by atomic mass is 10.0. The summed E-state index contributed by atoms with van der Waals surface area (Å²) in [6.07, 6.45) is 3.69. The average molecular weight is 342 g/mol. The number of methoxy groups -OCH3 is 1. The molecule has 0 aliphatic carbocycles. The van der Waals surface area contributed by atoms with E-state index >= 15 is 0 Å². The molecule has 0 radical (unpaired) electrons. The fourth-order valence-electron chi connectivity index (χ4n) is 3.07. The number of hydrogen-bond donors (Lipinski definition) is 2. The van der Waals surface area contributed by atoms with Crippen LogP contribution in [0, 0.1) is 0 Å². The molecule has 1 aromatic carbocycles. The summed E-state index contributed by atoms with van der Waals surface area (Å²) in [6.45, 7) is 1.57. The second-order valence-electron chi connectivity index (χ2n) is 6.16. The number of nitrogens with one attached hydrogen (secondary N) is 2. The lowest BCUT2D eigenvalue weighted by Crippen LogP contribution is -2.45. The summed E-state index contributed by atoms with van der Waals surface area (Å²) in [5.41, 5.74) is 1.56. The molecule has 1 aromatic heterocycles. The minimum absolute atomic E-state index is 0.0181. The van der Waals surface area contributed by atoms with Gasteiger partial charge >= 0.3 is 0 Å². The summed E-state index contributed by atoms with van der Waals surface area (Å²) >= 11 is 0. The Hall–Kier alpha value is -2.83. The van der Waals surface area contributed by atoms with Crippen molar-refractivity contribution in [3.05, 3.63) is 52.4 Å². The van der Waals surface area contributed by atoms with Crippen molar-refractivity contribution >= 4 is 11.6 Å². The van der Waals surface area contributed by atoms with Crippen LogP contribution in [-0.4, -0.2) is 42.3 Å². The maximum atomic E-state index is 12.3. The Kier molecular flexibility index (Phi) is 5.33. The van der Waals surface area contributed by atoms with Crippen LogP contribution in [0.25, 0.3) is 0 Å². The van der Waals surface area contributed by atoms with Crippen molar-refractivity contribution in [1.29, 1.82) is 0 Å². The molecule has 1 amide bonds. The van der Waals surface area contributed by atoms with Crippen LogP contribution in [0.5, 0.6) is 5.75 Å². The van der Waals surface area contributed by atoms with Crippen LogP contribution < -0.4 is 20.5 Å². The van der Waals surface area contributed by atoms with Crippen molar-refractivity contribution in [2.24, 2.45) is 0 Å². The maximum absolute atomic E-state index is 12.3. The van der Waals surface area contributed by atoms with Crippen LogP contribution in [0.3, 0.4) is 0 Å². The Balaban J connectivity index is 1.50. The van der Waals surface area contributed by atoms with Crippen molar-refractivity contribution < 1.29 is 9.53 Å². The Morgan fingerprint density at radius 2 is 2.16 bits per heavy atom. The minimum atomic E-state index is -0.203. The molecule has 0 atom stereocenters. The molecule has 1 saturated heterocycles. The lowest BCUT2D eigenvalue weighted by Gasteiger charge is -2.33. The zero-order chi connectivity index (χ0) is 17.6. The fourth-order valence-corrected chi connectivity index (χ4v) is 3.07. The number of amides is 1. The van der Waals surface area contributed by atoms with E-state index in [4.69, 9.17) is 4.74 Å². The third kappa shape index (κ3) is 4.59. The number of ether oxygens (including phenoxy) is 1. The van der Waals surface area contributed by atoms with Gasteiger partial charge in [0.15, 0.2) is 0 Å². The van der Waals surface area contributed by atoms with Gasteiger partial charge in [0.05, 0.1) is 25.4 Å². The van der Waals surface area contributed by atoms with E-state index in [9.17, 15) is 9.59 Å². The molecule has 2 heterocycles. The van der Waals surface area contributed by atoms with Gasteiger partial charge in [-0.25, -0.2) is 5.10 Å². The molecule has 3 rings (SSSR count). The van der Waals surface area contributed by atoms with Crippen molar-refractivity contribution in [3.8, 4) is 5.75 Å². The van der Waals surface area contributed by atoms with Gasteiger partial charge in [-0.2, -0.15) is 5.10 Å². The van der Waals surface area contributed by atoms with E-state index < -0.39 is 0 Å². The van der Waals surface area contributed by atoms with E-state index in [0.717, 1.165) is 42.9 Å². The third-order valence-corrected chi connectivity index (χ3v) is 4.37. The quantitative estimate of drug-likeness (QED) is 0.850. The van der Waals surface area contributed by atoms with Crippen LogP contribution in [0.15, 0.2) is 41.3 Å². The van der Waals surface area contributed by atoms with Gasteiger partial charge in [-0.15, -0.1) is 0 Å². The highest BCUT2D eigenvalue weighted by atomic mass is 16.5. The van der Waals surface area contributed by atoms with Gasteiger partial charge in [0.2, 0.25) is 5.91 Å². The number of nitrogens with zero attached hydrogens (tertiary/aromatic N) is 2. The number of benzene rings is 1. The topological polar surface area (TPSA) is 87.3 Å². The second-order valence-corrected chi connectivity index (χ2v) is 6.16. The van der Waals surface area contributed by atoms with Gasteiger partial charge in [0.25, 0.3) is 5.56 Å². The predicted octanol–water partition coefficient (Wildman–Crippen LogP) is 1.11. The number of anilines is 1. The third-order valence-electron chi connectivity index (χ3n) is 4.37. The molecule has 132 valence electrons. The molecule has 0 spiro atoms. The van der Waals surface area contributed by atoms with Crippen LogP contribution in [0.4, 0.5) is 5.69 Å². The van der Waals surface area contributed by atoms with E-state index in [-0.39, 0.29) is 17.5 Å². The number of carbonyl (C=O) groups is 1. The Morgan fingerprint density at radius 1 is 1.36 bits per heavy atom. The first kappa shape index (κ1) is 17.0. The number of aromatic amines is 1. The molecular weight excluding hydrogens is 320 g/mol. The summed E-state index contributed by atoms with van der Waals surface area (Å²) in [4.78, 5) is 25.7. The van der Waals surface area contributed by atoms with E-state index in [1.54, 1.807) is 19.4 Å². The smallest absolute Gasteiger partial charge is 0.266 e. The first-order chi connectivity index (χ1) is 12.1.